The summed E-state index contributed by atoms with van der Waals surface area (Å²) in [4.78, 5) is 56.4. The molecule has 0 saturated heterocycles. The van der Waals surface area contributed by atoms with Gasteiger partial charge >= 0.3 is 5.97 Å². The van der Waals surface area contributed by atoms with Crippen molar-refractivity contribution in [2.24, 2.45) is 0 Å². The highest BCUT2D eigenvalue weighted by molar-refractivity contribution is 5.90. The van der Waals surface area contributed by atoms with E-state index in [0.29, 0.717) is 0 Å². The van der Waals surface area contributed by atoms with E-state index in [2.05, 4.69) is 16.0 Å². The van der Waals surface area contributed by atoms with Crippen LogP contribution in [0.15, 0.2) is 0 Å². The summed E-state index contributed by atoms with van der Waals surface area (Å²) in [6.45, 7) is 1.93. The molecule has 0 aromatic rings. The van der Waals surface area contributed by atoms with Gasteiger partial charge in [-0.3, -0.25) is 19.2 Å². The zero-order chi connectivity index (χ0) is 18.7. The Hall–Kier alpha value is -2.49. The number of hydrogen-bond donors (Lipinski definition) is 5. The number of carboxylic acids is 1. The van der Waals surface area contributed by atoms with Crippen molar-refractivity contribution in [2.45, 2.75) is 45.2 Å². The van der Waals surface area contributed by atoms with Crippen LogP contribution >= 0.6 is 0 Å². The maximum atomic E-state index is 11.8. The molecule has 3 amide bonds. The van der Waals surface area contributed by atoms with Crippen molar-refractivity contribution in [3.63, 3.8) is 0 Å². The second-order valence-electron chi connectivity index (χ2n) is 5.07. The summed E-state index contributed by atoms with van der Waals surface area (Å²) in [5.41, 5.74) is 0. The standard InChI is InChI=1S/C14H23N3O7/c1-3-11(20)16-9(14(23)24)4-5-12(21)17-10(7-18)13(22)15-6-8(2)19/h9-10,18H,3-7H2,1-2H3,(H,15,22)(H,16,20)(H,17,21)(H,23,24)/t9-,10-/m0/s1. The van der Waals surface area contributed by atoms with Gasteiger partial charge in [-0.15, -0.1) is 0 Å². The van der Waals surface area contributed by atoms with E-state index in [9.17, 15) is 24.0 Å². The van der Waals surface area contributed by atoms with Crippen LogP contribution in [-0.4, -0.2) is 64.9 Å². The molecule has 0 aliphatic heterocycles. The third kappa shape index (κ3) is 8.83. The van der Waals surface area contributed by atoms with Crippen LogP contribution < -0.4 is 16.0 Å². The molecule has 0 unspecified atom stereocenters. The molecule has 0 saturated carbocycles. The summed E-state index contributed by atoms with van der Waals surface area (Å²) >= 11 is 0. The van der Waals surface area contributed by atoms with Crippen LogP contribution in [0, 0.1) is 0 Å². The zero-order valence-electron chi connectivity index (χ0n) is 13.6. The summed E-state index contributed by atoms with van der Waals surface area (Å²) in [6.07, 6.45) is -0.323. The van der Waals surface area contributed by atoms with E-state index >= 15 is 0 Å². The van der Waals surface area contributed by atoms with E-state index in [0.717, 1.165) is 0 Å². The van der Waals surface area contributed by atoms with Crippen molar-refractivity contribution >= 4 is 29.5 Å². The molecule has 0 aromatic carbocycles. The Kier molecular flexibility index (Phi) is 9.96. The number of Topliss-reactive ketones (excluding diaryl/α,β-unsaturated/α-hetero) is 1. The summed E-state index contributed by atoms with van der Waals surface area (Å²) in [5.74, 6) is -3.41. The Balaban J connectivity index is 4.47. The van der Waals surface area contributed by atoms with Crippen LogP contribution in [-0.2, 0) is 24.0 Å². The molecule has 0 aromatic heterocycles. The molecule has 10 nitrogen and oxygen atoms in total. The number of hydrogen-bond acceptors (Lipinski definition) is 6. The first-order valence-electron chi connectivity index (χ1n) is 7.40. The number of carbonyl (C=O) groups is 5. The number of carboxylic acid groups (broad SMARTS) is 1. The first-order chi connectivity index (χ1) is 11.2. The van der Waals surface area contributed by atoms with Gasteiger partial charge in [0.25, 0.3) is 0 Å². The summed E-state index contributed by atoms with van der Waals surface area (Å²) in [6, 6.07) is -2.47. The van der Waals surface area contributed by atoms with Crippen molar-refractivity contribution in [1.82, 2.24) is 16.0 Å². The summed E-state index contributed by atoms with van der Waals surface area (Å²) in [7, 11) is 0. The van der Waals surface area contributed by atoms with E-state index in [1.54, 1.807) is 6.92 Å². The van der Waals surface area contributed by atoms with Gasteiger partial charge < -0.3 is 26.2 Å². The molecular formula is C14H23N3O7. The van der Waals surface area contributed by atoms with E-state index in [1.807, 2.05) is 0 Å². The largest absolute Gasteiger partial charge is 0.480 e. The van der Waals surface area contributed by atoms with Gasteiger partial charge in [-0.05, 0) is 13.3 Å². The van der Waals surface area contributed by atoms with E-state index in [-0.39, 0.29) is 31.6 Å². The lowest BCUT2D eigenvalue weighted by Gasteiger charge is -2.17. The second kappa shape index (κ2) is 11.1. The average Bonchev–Trinajstić information content (AvgIpc) is 2.53. The Labute approximate surface area is 139 Å². The van der Waals surface area contributed by atoms with Crippen LogP contribution in [0.2, 0.25) is 0 Å². The summed E-state index contributed by atoms with van der Waals surface area (Å²) < 4.78 is 0. The van der Waals surface area contributed by atoms with Crippen LogP contribution in [0.1, 0.15) is 33.1 Å². The number of carbonyl (C=O) groups excluding carboxylic acids is 4. The molecule has 0 fully saturated rings. The third-order valence-electron chi connectivity index (χ3n) is 2.96. The Morgan fingerprint density at radius 2 is 1.58 bits per heavy atom. The topological polar surface area (TPSA) is 162 Å². The maximum absolute atomic E-state index is 11.8. The second-order valence-corrected chi connectivity index (χ2v) is 5.07. The maximum Gasteiger partial charge on any atom is 0.326 e. The van der Waals surface area contributed by atoms with Gasteiger partial charge in [0.1, 0.15) is 17.9 Å². The van der Waals surface area contributed by atoms with Gasteiger partial charge in [-0.1, -0.05) is 6.92 Å². The lowest BCUT2D eigenvalue weighted by molar-refractivity contribution is -0.142. The van der Waals surface area contributed by atoms with Crippen LogP contribution in [0.3, 0.4) is 0 Å². The molecule has 24 heavy (non-hydrogen) atoms. The van der Waals surface area contributed by atoms with Crippen molar-refractivity contribution in [1.29, 1.82) is 0 Å². The fraction of sp³-hybridized carbons (Fsp3) is 0.643. The summed E-state index contributed by atoms with van der Waals surface area (Å²) in [5, 5.41) is 24.8. The number of rotatable bonds is 11. The quantitative estimate of drug-likeness (QED) is 0.287. The number of amides is 3. The lowest BCUT2D eigenvalue weighted by atomic mass is 10.1. The van der Waals surface area contributed by atoms with Gasteiger partial charge in [0.05, 0.1) is 13.2 Å². The monoisotopic (exact) mass is 345 g/mol. The minimum Gasteiger partial charge on any atom is -0.480 e. The first kappa shape index (κ1) is 21.5. The van der Waals surface area contributed by atoms with E-state index < -0.39 is 42.4 Å². The molecule has 0 rings (SSSR count). The van der Waals surface area contributed by atoms with Crippen molar-refractivity contribution in [3.8, 4) is 0 Å². The average molecular weight is 345 g/mol. The van der Waals surface area contributed by atoms with E-state index in [4.69, 9.17) is 10.2 Å². The Morgan fingerprint density at radius 3 is 2.04 bits per heavy atom. The number of aliphatic hydroxyl groups excluding tert-OH is 1. The van der Waals surface area contributed by atoms with E-state index in [1.165, 1.54) is 6.92 Å². The highest BCUT2D eigenvalue weighted by atomic mass is 16.4. The van der Waals surface area contributed by atoms with Crippen molar-refractivity contribution in [2.75, 3.05) is 13.2 Å². The molecule has 0 aliphatic carbocycles. The number of aliphatic carboxylic acids is 1. The molecule has 2 atom stereocenters. The molecule has 0 radical (unpaired) electrons. The zero-order valence-corrected chi connectivity index (χ0v) is 13.6. The smallest absolute Gasteiger partial charge is 0.326 e. The fourth-order valence-corrected chi connectivity index (χ4v) is 1.62. The highest BCUT2D eigenvalue weighted by Crippen LogP contribution is 2.00. The van der Waals surface area contributed by atoms with Gasteiger partial charge in [0, 0.05) is 12.8 Å². The molecule has 0 heterocycles. The Morgan fingerprint density at radius 1 is 1.00 bits per heavy atom. The van der Waals surface area contributed by atoms with Gasteiger partial charge in [0.15, 0.2) is 0 Å². The van der Waals surface area contributed by atoms with Crippen molar-refractivity contribution < 1.29 is 34.2 Å². The third-order valence-corrected chi connectivity index (χ3v) is 2.96. The first-order valence-corrected chi connectivity index (χ1v) is 7.40. The fourth-order valence-electron chi connectivity index (χ4n) is 1.62. The lowest BCUT2D eigenvalue weighted by Crippen LogP contribution is -2.50. The molecule has 5 N–H and O–H groups in total. The van der Waals surface area contributed by atoms with Crippen molar-refractivity contribution in [3.05, 3.63) is 0 Å². The minimum atomic E-state index is -1.28. The molecule has 0 bridgehead atoms. The number of ketones is 1. The highest BCUT2D eigenvalue weighted by Gasteiger charge is 2.23. The van der Waals surface area contributed by atoms with Gasteiger partial charge in [0.2, 0.25) is 17.7 Å². The SMILES string of the molecule is CCC(=O)N[C@@H](CCC(=O)N[C@@H](CO)C(=O)NCC(C)=O)C(=O)O. The molecule has 10 heteroatoms. The minimum absolute atomic E-state index is 0.110. The number of aliphatic hydroxyl groups is 1. The van der Waals surface area contributed by atoms with Crippen LogP contribution in [0.5, 0.6) is 0 Å². The van der Waals surface area contributed by atoms with Crippen LogP contribution in [0.4, 0.5) is 0 Å². The van der Waals surface area contributed by atoms with Gasteiger partial charge in [-0.25, -0.2) is 4.79 Å². The molecule has 136 valence electrons. The predicted molar refractivity (Wildman–Crippen MR) is 81.8 cm³/mol. The number of nitrogens with one attached hydrogen (secondary N) is 3. The molecule has 0 spiro atoms. The predicted octanol–water partition coefficient (Wildman–Crippen LogP) is -2.07. The Bertz CT molecular complexity index is 493. The van der Waals surface area contributed by atoms with Gasteiger partial charge in [-0.2, -0.15) is 0 Å². The van der Waals surface area contributed by atoms with Crippen LogP contribution in [0.25, 0.3) is 0 Å². The molecular weight excluding hydrogens is 322 g/mol. The normalized spacial score (nSPS) is 12.6. The molecule has 0 aliphatic rings.